The van der Waals surface area contributed by atoms with Gasteiger partial charge in [0.15, 0.2) is 0 Å². The average Bonchev–Trinajstić information content (AvgIpc) is 2.84. The van der Waals surface area contributed by atoms with Crippen molar-refractivity contribution in [2.24, 2.45) is 0 Å². The zero-order chi connectivity index (χ0) is 24.1. The molecule has 172 valence electrons. The van der Waals surface area contributed by atoms with Crippen LogP contribution in [0.5, 0.6) is 5.75 Å². The summed E-state index contributed by atoms with van der Waals surface area (Å²) >= 11 is 6.50. The number of nitrogens with one attached hydrogen (secondary N) is 1. The van der Waals surface area contributed by atoms with Gasteiger partial charge in [0.25, 0.3) is 5.91 Å². The van der Waals surface area contributed by atoms with E-state index in [0.717, 1.165) is 29.0 Å². The summed E-state index contributed by atoms with van der Waals surface area (Å²) in [5.74, 6) is 0.539. The number of amides is 1. The molecule has 0 saturated heterocycles. The van der Waals surface area contributed by atoms with E-state index in [1.54, 1.807) is 43.5 Å². The van der Waals surface area contributed by atoms with Gasteiger partial charge in [0.05, 0.1) is 7.11 Å². The van der Waals surface area contributed by atoms with Crippen molar-refractivity contribution in [2.45, 2.75) is 6.54 Å². The Morgan fingerprint density at radius 3 is 2.24 bits per heavy atom. The molecular formula is C29H27ClN2O2. The average molecular weight is 471 g/mol. The summed E-state index contributed by atoms with van der Waals surface area (Å²) in [5.41, 5.74) is 6.58. The lowest BCUT2D eigenvalue weighted by atomic mass is 9.98. The zero-order valence-corrected chi connectivity index (χ0v) is 20.3. The predicted molar refractivity (Wildman–Crippen MR) is 141 cm³/mol. The SMILES string of the molecule is COc1ccc(NC(=O)c2ccc(Cl)c(-c3ccc(-c4cccc(CN(C)C)c4)cc3)c2)cc1. The van der Waals surface area contributed by atoms with Gasteiger partial charge in [0, 0.05) is 28.4 Å². The number of benzene rings is 4. The molecule has 0 aliphatic rings. The van der Waals surface area contributed by atoms with E-state index in [-0.39, 0.29) is 5.91 Å². The van der Waals surface area contributed by atoms with Crippen molar-refractivity contribution >= 4 is 23.2 Å². The molecule has 4 rings (SSSR count). The first-order chi connectivity index (χ1) is 16.4. The van der Waals surface area contributed by atoms with E-state index < -0.39 is 0 Å². The second kappa shape index (κ2) is 10.6. The van der Waals surface area contributed by atoms with Crippen molar-refractivity contribution in [2.75, 3.05) is 26.5 Å². The lowest BCUT2D eigenvalue weighted by Gasteiger charge is -2.12. The highest BCUT2D eigenvalue weighted by Crippen LogP contribution is 2.31. The van der Waals surface area contributed by atoms with Crippen LogP contribution in [0, 0.1) is 0 Å². The number of rotatable bonds is 7. The molecule has 1 amide bonds. The van der Waals surface area contributed by atoms with Crippen LogP contribution in [0.1, 0.15) is 15.9 Å². The van der Waals surface area contributed by atoms with Crippen LogP contribution in [-0.2, 0) is 6.54 Å². The summed E-state index contributed by atoms with van der Waals surface area (Å²) in [6, 6.07) is 29.4. The maximum absolute atomic E-state index is 12.8. The number of anilines is 1. The third-order valence-corrected chi connectivity index (χ3v) is 5.86. The summed E-state index contributed by atoms with van der Waals surface area (Å²) in [6.45, 7) is 0.896. The number of halogens is 1. The maximum Gasteiger partial charge on any atom is 0.255 e. The zero-order valence-electron chi connectivity index (χ0n) is 19.5. The highest BCUT2D eigenvalue weighted by Gasteiger charge is 2.12. The van der Waals surface area contributed by atoms with E-state index in [1.165, 1.54) is 11.1 Å². The molecule has 4 nitrogen and oxygen atoms in total. The Balaban J connectivity index is 1.55. The Morgan fingerprint density at radius 1 is 0.853 bits per heavy atom. The number of hydrogen-bond donors (Lipinski definition) is 1. The first-order valence-corrected chi connectivity index (χ1v) is 11.4. The molecule has 4 aromatic rings. The number of hydrogen-bond acceptors (Lipinski definition) is 3. The van der Waals surface area contributed by atoms with Gasteiger partial charge in [-0.3, -0.25) is 4.79 Å². The Bertz CT molecular complexity index is 1280. The second-order valence-electron chi connectivity index (χ2n) is 8.39. The number of carbonyl (C=O) groups is 1. The molecule has 34 heavy (non-hydrogen) atoms. The van der Waals surface area contributed by atoms with Gasteiger partial charge < -0.3 is 15.0 Å². The molecular weight excluding hydrogens is 444 g/mol. The molecule has 0 spiro atoms. The van der Waals surface area contributed by atoms with Gasteiger partial charge in [-0.2, -0.15) is 0 Å². The largest absolute Gasteiger partial charge is 0.497 e. The van der Waals surface area contributed by atoms with Crippen LogP contribution >= 0.6 is 11.6 Å². The number of ether oxygens (including phenoxy) is 1. The van der Waals surface area contributed by atoms with E-state index in [4.69, 9.17) is 16.3 Å². The van der Waals surface area contributed by atoms with Crippen LogP contribution < -0.4 is 10.1 Å². The Kier molecular flexibility index (Phi) is 7.31. The second-order valence-corrected chi connectivity index (χ2v) is 8.80. The molecule has 0 saturated carbocycles. The van der Waals surface area contributed by atoms with E-state index in [1.807, 2.05) is 18.2 Å². The van der Waals surface area contributed by atoms with Crippen molar-refractivity contribution in [3.63, 3.8) is 0 Å². The molecule has 0 bridgehead atoms. The Morgan fingerprint density at radius 2 is 1.56 bits per heavy atom. The molecule has 0 aliphatic heterocycles. The lowest BCUT2D eigenvalue weighted by Crippen LogP contribution is -2.11. The van der Waals surface area contributed by atoms with E-state index in [2.05, 4.69) is 60.7 Å². The normalized spacial score (nSPS) is 10.9. The first kappa shape index (κ1) is 23.6. The van der Waals surface area contributed by atoms with Crippen LogP contribution in [0.25, 0.3) is 22.3 Å². The molecule has 4 aromatic carbocycles. The fourth-order valence-corrected chi connectivity index (χ4v) is 4.05. The van der Waals surface area contributed by atoms with Crippen molar-refractivity contribution in [3.05, 3.63) is 107 Å². The minimum atomic E-state index is -0.197. The summed E-state index contributed by atoms with van der Waals surface area (Å²) in [5, 5.41) is 3.51. The number of methoxy groups -OCH3 is 1. The third kappa shape index (κ3) is 5.66. The Hall–Kier alpha value is -3.60. The Labute approximate surface area is 205 Å². The lowest BCUT2D eigenvalue weighted by molar-refractivity contribution is 0.102. The van der Waals surface area contributed by atoms with Crippen molar-refractivity contribution in [1.29, 1.82) is 0 Å². The molecule has 0 heterocycles. The minimum absolute atomic E-state index is 0.197. The van der Waals surface area contributed by atoms with Gasteiger partial charge in [-0.25, -0.2) is 0 Å². The third-order valence-electron chi connectivity index (χ3n) is 5.53. The van der Waals surface area contributed by atoms with Gasteiger partial charge in [0.2, 0.25) is 0 Å². The van der Waals surface area contributed by atoms with Crippen LogP contribution in [0.4, 0.5) is 5.69 Å². The standard InChI is InChI=1S/C29H27ClN2O2/c1-32(2)19-20-5-4-6-23(17-20)21-7-9-22(10-8-21)27-18-24(11-16-28(27)30)29(33)31-25-12-14-26(34-3)15-13-25/h4-18H,19H2,1-3H3,(H,31,33). The fraction of sp³-hybridized carbons (Fsp3) is 0.138. The molecule has 5 heteroatoms. The van der Waals surface area contributed by atoms with Gasteiger partial charge in [-0.1, -0.05) is 54.1 Å². The summed E-state index contributed by atoms with van der Waals surface area (Å²) < 4.78 is 5.16. The van der Waals surface area contributed by atoms with Gasteiger partial charge >= 0.3 is 0 Å². The molecule has 0 unspecified atom stereocenters. The molecule has 0 aromatic heterocycles. The topological polar surface area (TPSA) is 41.6 Å². The molecule has 0 fully saturated rings. The van der Waals surface area contributed by atoms with Crippen molar-refractivity contribution in [1.82, 2.24) is 4.90 Å². The molecule has 0 aliphatic carbocycles. The van der Waals surface area contributed by atoms with Crippen LogP contribution in [0.2, 0.25) is 5.02 Å². The molecule has 0 atom stereocenters. The monoisotopic (exact) mass is 470 g/mol. The van der Waals surface area contributed by atoms with Gasteiger partial charge in [-0.05, 0) is 84.9 Å². The van der Waals surface area contributed by atoms with E-state index in [9.17, 15) is 4.79 Å². The summed E-state index contributed by atoms with van der Waals surface area (Å²) in [6.07, 6.45) is 0. The predicted octanol–water partition coefficient (Wildman–Crippen LogP) is 7.00. The summed E-state index contributed by atoms with van der Waals surface area (Å²) in [7, 11) is 5.74. The summed E-state index contributed by atoms with van der Waals surface area (Å²) in [4.78, 5) is 15.0. The van der Waals surface area contributed by atoms with Crippen LogP contribution in [0.3, 0.4) is 0 Å². The van der Waals surface area contributed by atoms with E-state index in [0.29, 0.717) is 16.3 Å². The van der Waals surface area contributed by atoms with Gasteiger partial charge in [0.1, 0.15) is 5.75 Å². The van der Waals surface area contributed by atoms with Crippen molar-refractivity contribution < 1.29 is 9.53 Å². The number of carbonyl (C=O) groups excluding carboxylic acids is 1. The first-order valence-electron chi connectivity index (χ1n) is 11.0. The smallest absolute Gasteiger partial charge is 0.255 e. The van der Waals surface area contributed by atoms with E-state index >= 15 is 0 Å². The van der Waals surface area contributed by atoms with Gasteiger partial charge in [-0.15, -0.1) is 0 Å². The number of nitrogens with zero attached hydrogens (tertiary/aromatic N) is 1. The maximum atomic E-state index is 12.8. The van der Waals surface area contributed by atoms with Crippen LogP contribution in [-0.4, -0.2) is 32.0 Å². The highest BCUT2D eigenvalue weighted by molar-refractivity contribution is 6.33. The molecule has 1 N–H and O–H groups in total. The molecule has 0 radical (unpaired) electrons. The fourth-order valence-electron chi connectivity index (χ4n) is 3.82. The highest BCUT2D eigenvalue weighted by atomic mass is 35.5. The minimum Gasteiger partial charge on any atom is -0.497 e. The van der Waals surface area contributed by atoms with Crippen LogP contribution in [0.15, 0.2) is 91.0 Å². The van der Waals surface area contributed by atoms with Crippen molar-refractivity contribution in [3.8, 4) is 28.0 Å². The quantitative estimate of drug-likeness (QED) is 0.316.